The maximum atomic E-state index is 12.7. The van der Waals surface area contributed by atoms with E-state index < -0.39 is 6.03 Å². The lowest BCUT2D eigenvalue weighted by atomic mass is 10.3. The number of carbonyl (C=O) groups is 1. The van der Waals surface area contributed by atoms with E-state index in [0.717, 1.165) is 0 Å². The van der Waals surface area contributed by atoms with Crippen LogP contribution >= 0.6 is 0 Å². The van der Waals surface area contributed by atoms with Crippen LogP contribution in [0.3, 0.4) is 0 Å². The topological polar surface area (TPSA) is 67.1 Å². The zero-order valence-corrected chi connectivity index (χ0v) is 9.48. The Bertz CT molecular complexity index is 554. The highest BCUT2D eigenvalue weighted by Crippen LogP contribution is 2.13. The van der Waals surface area contributed by atoms with Crippen molar-refractivity contribution in [1.29, 1.82) is 0 Å². The van der Waals surface area contributed by atoms with Crippen LogP contribution in [0.4, 0.5) is 26.2 Å². The predicted octanol–water partition coefficient (Wildman–Crippen LogP) is 3.05. The number of benzene rings is 2. The number of rotatable bonds is 2. The predicted molar refractivity (Wildman–Crippen MR) is 69.9 cm³/mol. The van der Waals surface area contributed by atoms with E-state index in [0.29, 0.717) is 17.1 Å². The first-order chi connectivity index (χ1) is 8.63. The van der Waals surface area contributed by atoms with Gasteiger partial charge in [0.1, 0.15) is 5.82 Å². The molecule has 0 aromatic heterocycles. The zero-order chi connectivity index (χ0) is 13.0. The molecule has 2 amide bonds. The minimum atomic E-state index is -0.410. The SMILES string of the molecule is Nc1cccc(NC(=O)Nc2ccc(F)cc2)c1. The average Bonchev–Trinajstić information content (AvgIpc) is 2.32. The molecule has 18 heavy (non-hydrogen) atoms. The normalized spacial score (nSPS) is 9.83. The molecule has 2 aromatic rings. The van der Waals surface area contributed by atoms with Crippen molar-refractivity contribution < 1.29 is 9.18 Å². The Hall–Kier alpha value is -2.56. The molecule has 92 valence electrons. The highest BCUT2D eigenvalue weighted by Gasteiger charge is 2.02. The monoisotopic (exact) mass is 245 g/mol. The number of nitrogens with one attached hydrogen (secondary N) is 2. The van der Waals surface area contributed by atoms with Gasteiger partial charge in [0.05, 0.1) is 0 Å². The lowest BCUT2D eigenvalue weighted by Gasteiger charge is -2.07. The van der Waals surface area contributed by atoms with Gasteiger partial charge in [-0.3, -0.25) is 0 Å². The van der Waals surface area contributed by atoms with Crippen LogP contribution in [0.15, 0.2) is 48.5 Å². The van der Waals surface area contributed by atoms with Gasteiger partial charge in [-0.2, -0.15) is 0 Å². The third-order valence-corrected chi connectivity index (χ3v) is 2.25. The third-order valence-electron chi connectivity index (χ3n) is 2.25. The first-order valence-electron chi connectivity index (χ1n) is 5.32. The maximum Gasteiger partial charge on any atom is 0.323 e. The highest BCUT2D eigenvalue weighted by molar-refractivity contribution is 5.99. The molecule has 0 radical (unpaired) electrons. The largest absolute Gasteiger partial charge is 0.399 e. The summed E-state index contributed by atoms with van der Waals surface area (Å²) in [6, 6.07) is 11.9. The smallest absolute Gasteiger partial charge is 0.323 e. The highest BCUT2D eigenvalue weighted by atomic mass is 19.1. The van der Waals surface area contributed by atoms with E-state index in [2.05, 4.69) is 10.6 Å². The van der Waals surface area contributed by atoms with Crippen molar-refractivity contribution >= 4 is 23.1 Å². The number of amides is 2. The van der Waals surface area contributed by atoms with E-state index in [4.69, 9.17) is 5.73 Å². The van der Waals surface area contributed by atoms with Crippen molar-refractivity contribution in [2.24, 2.45) is 0 Å². The van der Waals surface area contributed by atoms with Crippen LogP contribution < -0.4 is 16.4 Å². The molecule has 0 aliphatic rings. The number of hydrogen-bond acceptors (Lipinski definition) is 2. The fourth-order valence-corrected chi connectivity index (χ4v) is 1.44. The molecule has 4 nitrogen and oxygen atoms in total. The summed E-state index contributed by atoms with van der Waals surface area (Å²) < 4.78 is 12.7. The number of nitrogens with two attached hydrogens (primary N) is 1. The lowest BCUT2D eigenvalue weighted by molar-refractivity contribution is 0.262. The van der Waals surface area contributed by atoms with Gasteiger partial charge in [0.25, 0.3) is 0 Å². The Morgan fingerprint density at radius 3 is 2.33 bits per heavy atom. The van der Waals surface area contributed by atoms with Gasteiger partial charge in [-0.25, -0.2) is 9.18 Å². The van der Waals surface area contributed by atoms with E-state index in [1.165, 1.54) is 24.3 Å². The van der Waals surface area contributed by atoms with Crippen molar-refractivity contribution in [3.05, 3.63) is 54.3 Å². The summed E-state index contributed by atoms with van der Waals surface area (Å²) in [7, 11) is 0. The molecule has 2 rings (SSSR count). The number of hydrogen-bond donors (Lipinski definition) is 3. The molecule has 0 atom stereocenters. The number of halogens is 1. The van der Waals surface area contributed by atoms with Crippen LogP contribution in [0.1, 0.15) is 0 Å². The third kappa shape index (κ3) is 3.21. The molecule has 0 saturated heterocycles. The van der Waals surface area contributed by atoms with E-state index in [1.54, 1.807) is 24.3 Å². The molecule has 0 bridgehead atoms. The molecule has 5 heteroatoms. The first-order valence-corrected chi connectivity index (χ1v) is 5.32. The summed E-state index contributed by atoms with van der Waals surface area (Å²) in [5, 5.41) is 5.20. The Morgan fingerprint density at radius 1 is 1.00 bits per heavy atom. The van der Waals surface area contributed by atoms with Gasteiger partial charge in [-0.15, -0.1) is 0 Å². The molecule has 0 heterocycles. The van der Waals surface area contributed by atoms with Gasteiger partial charge in [0, 0.05) is 17.1 Å². The Labute approximate surface area is 104 Å². The lowest BCUT2D eigenvalue weighted by Crippen LogP contribution is -2.19. The van der Waals surface area contributed by atoms with Gasteiger partial charge in [-0.05, 0) is 42.5 Å². The standard InChI is InChI=1S/C13H12FN3O/c14-9-4-6-11(7-5-9)16-13(18)17-12-3-1-2-10(15)8-12/h1-8H,15H2,(H2,16,17,18). The van der Waals surface area contributed by atoms with Crippen molar-refractivity contribution in [2.45, 2.75) is 0 Å². The summed E-state index contributed by atoms with van der Waals surface area (Å²) in [5.41, 5.74) is 7.26. The van der Waals surface area contributed by atoms with Crippen LogP contribution in [-0.4, -0.2) is 6.03 Å². The Kier molecular flexibility index (Phi) is 3.43. The summed E-state index contributed by atoms with van der Waals surface area (Å²) in [6.07, 6.45) is 0. The van der Waals surface area contributed by atoms with Crippen LogP contribution in [0.2, 0.25) is 0 Å². The van der Waals surface area contributed by atoms with Crippen LogP contribution in [0, 0.1) is 5.82 Å². The molecule has 0 unspecified atom stereocenters. The summed E-state index contributed by atoms with van der Waals surface area (Å²) in [4.78, 5) is 11.6. The number of anilines is 3. The molecular formula is C13H12FN3O. The van der Waals surface area contributed by atoms with Gasteiger partial charge in [-0.1, -0.05) is 6.07 Å². The fraction of sp³-hybridized carbons (Fsp3) is 0. The second-order valence-electron chi connectivity index (χ2n) is 3.71. The van der Waals surface area contributed by atoms with Crippen molar-refractivity contribution in [1.82, 2.24) is 0 Å². The summed E-state index contributed by atoms with van der Waals surface area (Å²) >= 11 is 0. The molecular weight excluding hydrogens is 233 g/mol. The summed E-state index contributed by atoms with van der Waals surface area (Å²) in [6.45, 7) is 0. The second kappa shape index (κ2) is 5.18. The molecule has 0 spiro atoms. The maximum absolute atomic E-state index is 12.7. The van der Waals surface area contributed by atoms with Crippen LogP contribution in [0.5, 0.6) is 0 Å². The van der Waals surface area contributed by atoms with Crippen LogP contribution in [-0.2, 0) is 0 Å². The minimum Gasteiger partial charge on any atom is -0.399 e. The minimum absolute atomic E-state index is 0.350. The van der Waals surface area contributed by atoms with Gasteiger partial charge in [0.2, 0.25) is 0 Å². The Morgan fingerprint density at radius 2 is 1.67 bits per heavy atom. The number of nitrogen functional groups attached to an aromatic ring is 1. The van der Waals surface area contributed by atoms with Crippen molar-refractivity contribution in [3.8, 4) is 0 Å². The second-order valence-corrected chi connectivity index (χ2v) is 3.71. The fourth-order valence-electron chi connectivity index (χ4n) is 1.44. The molecule has 0 fully saturated rings. The zero-order valence-electron chi connectivity index (χ0n) is 9.48. The summed E-state index contributed by atoms with van der Waals surface area (Å²) in [5.74, 6) is -0.350. The molecule has 4 N–H and O–H groups in total. The van der Waals surface area contributed by atoms with E-state index in [1.807, 2.05) is 0 Å². The quantitative estimate of drug-likeness (QED) is 0.712. The van der Waals surface area contributed by atoms with E-state index in [-0.39, 0.29) is 5.82 Å². The Balaban J connectivity index is 1.98. The van der Waals surface area contributed by atoms with Gasteiger partial charge in [0.15, 0.2) is 0 Å². The number of carbonyl (C=O) groups excluding carboxylic acids is 1. The first kappa shape index (κ1) is 11.9. The molecule has 2 aromatic carbocycles. The van der Waals surface area contributed by atoms with Gasteiger partial charge < -0.3 is 16.4 Å². The number of urea groups is 1. The van der Waals surface area contributed by atoms with Gasteiger partial charge >= 0.3 is 6.03 Å². The van der Waals surface area contributed by atoms with E-state index >= 15 is 0 Å². The average molecular weight is 245 g/mol. The van der Waals surface area contributed by atoms with Crippen molar-refractivity contribution in [2.75, 3.05) is 16.4 Å². The van der Waals surface area contributed by atoms with E-state index in [9.17, 15) is 9.18 Å². The van der Waals surface area contributed by atoms with Crippen molar-refractivity contribution in [3.63, 3.8) is 0 Å². The molecule has 0 aliphatic carbocycles. The van der Waals surface area contributed by atoms with Crippen LogP contribution in [0.25, 0.3) is 0 Å². The molecule has 0 saturated carbocycles. The molecule has 0 aliphatic heterocycles.